The van der Waals surface area contributed by atoms with E-state index in [2.05, 4.69) is 15.8 Å². The number of carbonyl (C=O) groups is 2. The molecule has 3 rings (SSSR count). The molecule has 0 radical (unpaired) electrons. The minimum absolute atomic E-state index is 0.0207. The van der Waals surface area contributed by atoms with Crippen molar-refractivity contribution in [3.63, 3.8) is 0 Å². The van der Waals surface area contributed by atoms with Crippen LogP contribution in [-0.2, 0) is 9.59 Å². The van der Waals surface area contributed by atoms with Crippen molar-refractivity contribution in [1.29, 1.82) is 0 Å². The maximum Gasteiger partial charge on any atom is 0.329 e. The van der Waals surface area contributed by atoms with E-state index in [0.29, 0.717) is 16.3 Å². The van der Waals surface area contributed by atoms with Crippen molar-refractivity contribution in [2.24, 2.45) is 5.10 Å². The smallest absolute Gasteiger partial charge is 0.329 e. The van der Waals surface area contributed by atoms with Crippen LogP contribution in [-0.4, -0.2) is 23.1 Å². The van der Waals surface area contributed by atoms with Crippen LogP contribution in [0.4, 0.5) is 5.69 Å². The molecule has 0 heterocycles. The first-order chi connectivity index (χ1) is 12.5. The molecule has 3 aromatic carbocycles. The van der Waals surface area contributed by atoms with Crippen LogP contribution >= 0.6 is 11.6 Å². The molecule has 7 heteroatoms. The number of anilines is 1. The number of nitrogens with zero attached hydrogens (tertiary/aromatic N) is 1. The average Bonchev–Trinajstić information content (AvgIpc) is 2.65. The lowest BCUT2D eigenvalue weighted by atomic mass is 10.0. The monoisotopic (exact) mass is 367 g/mol. The van der Waals surface area contributed by atoms with Crippen LogP contribution in [0.1, 0.15) is 5.56 Å². The Kier molecular flexibility index (Phi) is 5.15. The molecule has 2 amide bonds. The highest BCUT2D eigenvalue weighted by atomic mass is 35.5. The molecule has 0 aliphatic heterocycles. The van der Waals surface area contributed by atoms with Gasteiger partial charge in [-0.2, -0.15) is 5.10 Å². The lowest BCUT2D eigenvalue weighted by Crippen LogP contribution is -2.32. The predicted molar refractivity (Wildman–Crippen MR) is 101 cm³/mol. The first kappa shape index (κ1) is 17.4. The van der Waals surface area contributed by atoms with E-state index >= 15 is 0 Å². The van der Waals surface area contributed by atoms with E-state index < -0.39 is 11.8 Å². The quantitative estimate of drug-likeness (QED) is 0.377. The number of nitrogens with one attached hydrogen (secondary N) is 2. The number of carbonyl (C=O) groups excluding carboxylic acids is 2. The van der Waals surface area contributed by atoms with Gasteiger partial charge in [0.1, 0.15) is 5.75 Å². The summed E-state index contributed by atoms with van der Waals surface area (Å²) in [7, 11) is 0. The fraction of sp³-hybridized carbons (Fsp3) is 0. The summed E-state index contributed by atoms with van der Waals surface area (Å²) >= 11 is 5.76. The van der Waals surface area contributed by atoms with Crippen LogP contribution in [0.2, 0.25) is 5.02 Å². The molecule has 0 bridgehead atoms. The number of fused-ring (bicyclic) bond motifs is 1. The number of aromatic hydroxyl groups is 1. The third-order valence-electron chi connectivity index (χ3n) is 3.62. The maximum atomic E-state index is 11.8. The van der Waals surface area contributed by atoms with Gasteiger partial charge in [-0.25, -0.2) is 5.43 Å². The first-order valence-corrected chi connectivity index (χ1v) is 8.03. The number of amides is 2. The Bertz CT molecular complexity index is 1000. The lowest BCUT2D eigenvalue weighted by molar-refractivity contribution is -0.136. The van der Waals surface area contributed by atoms with E-state index in [0.717, 1.165) is 10.8 Å². The predicted octanol–water partition coefficient (Wildman–Crippen LogP) is 3.29. The van der Waals surface area contributed by atoms with E-state index in [9.17, 15) is 14.7 Å². The molecule has 0 spiro atoms. The van der Waals surface area contributed by atoms with Crippen LogP contribution in [0.3, 0.4) is 0 Å². The minimum Gasteiger partial charge on any atom is -0.507 e. The van der Waals surface area contributed by atoms with E-state index in [1.165, 1.54) is 6.21 Å². The van der Waals surface area contributed by atoms with Crippen LogP contribution in [0.15, 0.2) is 65.8 Å². The standard InChI is InChI=1S/C19H14ClN3O3/c20-13-6-8-14(9-7-13)22-18(25)19(26)23-21-11-16-15-4-2-1-3-12(15)5-10-17(16)24/h1-11,24H,(H,22,25)(H,23,26)/b21-11-. The van der Waals surface area contributed by atoms with Crippen molar-refractivity contribution in [1.82, 2.24) is 5.43 Å². The van der Waals surface area contributed by atoms with Crippen molar-refractivity contribution in [3.05, 3.63) is 71.2 Å². The molecular weight excluding hydrogens is 354 g/mol. The van der Waals surface area contributed by atoms with Gasteiger partial charge in [0.25, 0.3) is 0 Å². The summed E-state index contributed by atoms with van der Waals surface area (Å²) in [5, 5.41) is 18.4. The Morgan fingerprint density at radius 3 is 2.46 bits per heavy atom. The molecule has 0 unspecified atom stereocenters. The molecule has 0 saturated heterocycles. The summed E-state index contributed by atoms with van der Waals surface area (Å²) in [6, 6.07) is 17.1. The Morgan fingerprint density at radius 2 is 1.69 bits per heavy atom. The zero-order valence-corrected chi connectivity index (χ0v) is 14.2. The van der Waals surface area contributed by atoms with E-state index in [4.69, 9.17) is 11.6 Å². The Morgan fingerprint density at radius 1 is 0.962 bits per heavy atom. The number of phenolic OH excluding ortho intramolecular Hbond substituents is 1. The number of phenols is 1. The van der Waals surface area contributed by atoms with Crippen molar-refractivity contribution in [3.8, 4) is 5.75 Å². The zero-order valence-electron chi connectivity index (χ0n) is 13.4. The van der Waals surface area contributed by atoms with Crippen molar-refractivity contribution >= 4 is 46.1 Å². The van der Waals surface area contributed by atoms with Gasteiger partial charge in [0.15, 0.2) is 0 Å². The van der Waals surface area contributed by atoms with Gasteiger partial charge in [0, 0.05) is 16.3 Å². The maximum absolute atomic E-state index is 11.8. The normalized spacial score (nSPS) is 10.8. The molecule has 3 N–H and O–H groups in total. The molecule has 0 fully saturated rings. The van der Waals surface area contributed by atoms with Gasteiger partial charge >= 0.3 is 11.8 Å². The van der Waals surface area contributed by atoms with Gasteiger partial charge in [-0.05, 0) is 41.1 Å². The van der Waals surface area contributed by atoms with Crippen molar-refractivity contribution < 1.29 is 14.7 Å². The Hall–Kier alpha value is -3.38. The molecular formula is C19H14ClN3O3. The van der Waals surface area contributed by atoms with Crippen LogP contribution in [0.25, 0.3) is 10.8 Å². The van der Waals surface area contributed by atoms with Gasteiger partial charge in [-0.1, -0.05) is 41.9 Å². The largest absolute Gasteiger partial charge is 0.507 e. The number of hydrogen-bond acceptors (Lipinski definition) is 4. The first-order valence-electron chi connectivity index (χ1n) is 7.65. The Labute approximate surface area is 154 Å². The highest BCUT2D eigenvalue weighted by Crippen LogP contribution is 2.25. The Balaban J connectivity index is 1.68. The van der Waals surface area contributed by atoms with Gasteiger partial charge < -0.3 is 10.4 Å². The summed E-state index contributed by atoms with van der Waals surface area (Å²) in [5.74, 6) is -1.78. The van der Waals surface area contributed by atoms with Crippen LogP contribution in [0.5, 0.6) is 5.75 Å². The van der Waals surface area contributed by atoms with Gasteiger partial charge in [-0.15, -0.1) is 0 Å². The van der Waals surface area contributed by atoms with Crippen molar-refractivity contribution in [2.45, 2.75) is 0 Å². The number of hydrogen-bond donors (Lipinski definition) is 3. The summed E-state index contributed by atoms with van der Waals surface area (Å²) < 4.78 is 0. The fourth-order valence-corrected chi connectivity index (χ4v) is 2.47. The third-order valence-corrected chi connectivity index (χ3v) is 3.87. The minimum atomic E-state index is -0.934. The summed E-state index contributed by atoms with van der Waals surface area (Å²) in [4.78, 5) is 23.7. The van der Waals surface area contributed by atoms with Crippen LogP contribution in [0, 0.1) is 0 Å². The van der Waals surface area contributed by atoms with Crippen molar-refractivity contribution in [2.75, 3.05) is 5.32 Å². The second-order valence-corrected chi connectivity index (χ2v) is 5.82. The second kappa shape index (κ2) is 7.67. The highest BCUT2D eigenvalue weighted by molar-refractivity contribution is 6.39. The number of halogens is 1. The number of rotatable bonds is 3. The molecule has 0 saturated carbocycles. The van der Waals surface area contributed by atoms with Gasteiger partial charge in [0.05, 0.1) is 6.21 Å². The van der Waals surface area contributed by atoms with E-state index in [-0.39, 0.29) is 5.75 Å². The molecule has 0 atom stereocenters. The molecule has 0 aromatic heterocycles. The van der Waals surface area contributed by atoms with Gasteiger partial charge in [-0.3, -0.25) is 9.59 Å². The van der Waals surface area contributed by atoms with E-state index in [1.54, 1.807) is 36.4 Å². The third kappa shape index (κ3) is 3.99. The molecule has 6 nitrogen and oxygen atoms in total. The molecule has 26 heavy (non-hydrogen) atoms. The lowest BCUT2D eigenvalue weighted by Gasteiger charge is -2.05. The second-order valence-electron chi connectivity index (χ2n) is 5.38. The molecule has 130 valence electrons. The molecule has 0 aliphatic carbocycles. The highest BCUT2D eigenvalue weighted by Gasteiger charge is 2.13. The SMILES string of the molecule is O=C(N/N=C\c1c(O)ccc2ccccc12)C(=O)Nc1ccc(Cl)cc1. The average molecular weight is 368 g/mol. The van der Waals surface area contributed by atoms with E-state index in [1.807, 2.05) is 24.3 Å². The zero-order chi connectivity index (χ0) is 18.5. The fourth-order valence-electron chi connectivity index (χ4n) is 2.35. The summed E-state index contributed by atoms with van der Waals surface area (Å²) in [6.45, 7) is 0. The van der Waals surface area contributed by atoms with Gasteiger partial charge in [0.2, 0.25) is 0 Å². The summed E-state index contributed by atoms with van der Waals surface area (Å²) in [5.41, 5.74) is 3.02. The number of benzene rings is 3. The summed E-state index contributed by atoms with van der Waals surface area (Å²) in [6.07, 6.45) is 1.30. The van der Waals surface area contributed by atoms with Crippen LogP contribution < -0.4 is 10.7 Å². The molecule has 0 aliphatic rings. The molecule has 3 aromatic rings. The topological polar surface area (TPSA) is 90.8 Å². The number of hydrazone groups is 1.